The molecular weight excluding hydrogens is 288 g/mol. The summed E-state index contributed by atoms with van der Waals surface area (Å²) < 4.78 is 0. The molecule has 0 bridgehead atoms. The van der Waals surface area contributed by atoms with E-state index < -0.39 is 0 Å². The molecule has 1 saturated carbocycles. The smallest absolute Gasteiger partial charge is 0.0712 e. The summed E-state index contributed by atoms with van der Waals surface area (Å²) in [6.07, 6.45) is 5.67. The summed E-state index contributed by atoms with van der Waals surface area (Å²) in [6.45, 7) is 0. The highest BCUT2D eigenvalue weighted by atomic mass is 32.2. The van der Waals surface area contributed by atoms with Crippen LogP contribution >= 0.6 is 11.8 Å². The van der Waals surface area contributed by atoms with Crippen LogP contribution in [0.15, 0.2) is 59.6 Å². The SMILES string of the molecule is c1ccc(CSc2ccc3c(CC4CC4)nncc3c2)cc1. The van der Waals surface area contributed by atoms with E-state index in [1.807, 2.05) is 18.0 Å². The zero-order valence-corrected chi connectivity index (χ0v) is 13.2. The molecule has 0 amide bonds. The van der Waals surface area contributed by atoms with E-state index in [1.54, 1.807) is 0 Å². The van der Waals surface area contributed by atoms with Crippen LogP contribution in [0.3, 0.4) is 0 Å². The average Bonchev–Trinajstić information content (AvgIpc) is 3.38. The first kappa shape index (κ1) is 13.8. The number of benzene rings is 2. The van der Waals surface area contributed by atoms with Gasteiger partial charge in [-0.3, -0.25) is 0 Å². The van der Waals surface area contributed by atoms with E-state index in [1.165, 1.54) is 39.8 Å². The van der Waals surface area contributed by atoms with Gasteiger partial charge >= 0.3 is 0 Å². The van der Waals surface area contributed by atoms with Gasteiger partial charge in [-0.15, -0.1) is 11.8 Å². The van der Waals surface area contributed by atoms with Crippen LogP contribution in [-0.2, 0) is 12.2 Å². The van der Waals surface area contributed by atoms with E-state index in [9.17, 15) is 0 Å². The van der Waals surface area contributed by atoms with Crippen molar-refractivity contribution in [2.24, 2.45) is 5.92 Å². The van der Waals surface area contributed by atoms with Gasteiger partial charge in [-0.25, -0.2) is 0 Å². The Bertz CT molecular complexity index is 782. The summed E-state index contributed by atoms with van der Waals surface area (Å²) in [6, 6.07) is 17.3. The van der Waals surface area contributed by atoms with Gasteiger partial charge < -0.3 is 0 Å². The van der Waals surface area contributed by atoms with Crippen molar-refractivity contribution in [2.45, 2.75) is 29.9 Å². The zero-order chi connectivity index (χ0) is 14.8. The quantitative estimate of drug-likeness (QED) is 0.629. The molecule has 0 aliphatic heterocycles. The van der Waals surface area contributed by atoms with Gasteiger partial charge in [0, 0.05) is 21.4 Å². The Morgan fingerprint density at radius 2 is 1.91 bits per heavy atom. The second-order valence-corrected chi connectivity index (χ2v) is 7.01. The third kappa shape index (κ3) is 3.14. The molecule has 0 radical (unpaired) electrons. The largest absolute Gasteiger partial charge is 0.158 e. The Hall–Kier alpha value is -1.87. The summed E-state index contributed by atoms with van der Waals surface area (Å²) in [4.78, 5) is 1.29. The summed E-state index contributed by atoms with van der Waals surface area (Å²) in [5.41, 5.74) is 2.52. The van der Waals surface area contributed by atoms with Crippen molar-refractivity contribution < 1.29 is 0 Å². The van der Waals surface area contributed by atoms with Crippen LogP contribution in [0.25, 0.3) is 10.8 Å². The Morgan fingerprint density at radius 3 is 2.73 bits per heavy atom. The molecule has 0 atom stereocenters. The lowest BCUT2D eigenvalue weighted by molar-refractivity contribution is 0.788. The molecule has 110 valence electrons. The lowest BCUT2D eigenvalue weighted by Crippen LogP contribution is -1.96. The van der Waals surface area contributed by atoms with Crippen molar-refractivity contribution >= 4 is 22.5 Å². The third-order valence-electron chi connectivity index (χ3n) is 4.14. The maximum absolute atomic E-state index is 4.35. The maximum atomic E-state index is 4.35. The Balaban J connectivity index is 1.55. The van der Waals surface area contributed by atoms with Crippen LogP contribution < -0.4 is 0 Å². The molecule has 0 N–H and O–H groups in total. The van der Waals surface area contributed by atoms with Crippen LogP contribution in [0.1, 0.15) is 24.1 Å². The minimum Gasteiger partial charge on any atom is -0.158 e. The molecular formula is C19H18N2S. The monoisotopic (exact) mass is 306 g/mol. The normalized spacial score (nSPS) is 14.4. The van der Waals surface area contributed by atoms with Crippen molar-refractivity contribution in [3.05, 3.63) is 66.0 Å². The Labute approximate surface area is 135 Å². The van der Waals surface area contributed by atoms with Gasteiger partial charge in [0.1, 0.15) is 0 Å². The molecule has 3 aromatic rings. The molecule has 4 rings (SSSR count). The third-order valence-corrected chi connectivity index (χ3v) is 5.20. The molecule has 1 aromatic heterocycles. The van der Waals surface area contributed by atoms with Gasteiger partial charge in [0.15, 0.2) is 0 Å². The van der Waals surface area contributed by atoms with Crippen molar-refractivity contribution in [1.29, 1.82) is 0 Å². The number of thioether (sulfide) groups is 1. The molecule has 1 fully saturated rings. The summed E-state index contributed by atoms with van der Waals surface area (Å²) in [5, 5.41) is 11.0. The number of aromatic nitrogens is 2. The van der Waals surface area contributed by atoms with Crippen LogP contribution in [0.2, 0.25) is 0 Å². The van der Waals surface area contributed by atoms with Crippen molar-refractivity contribution in [1.82, 2.24) is 10.2 Å². The highest BCUT2D eigenvalue weighted by Crippen LogP contribution is 2.34. The maximum Gasteiger partial charge on any atom is 0.0712 e. The summed E-state index contributed by atoms with van der Waals surface area (Å²) in [5.74, 6) is 1.84. The van der Waals surface area contributed by atoms with Crippen molar-refractivity contribution in [3.8, 4) is 0 Å². The van der Waals surface area contributed by atoms with Crippen LogP contribution in [0.4, 0.5) is 0 Å². The number of nitrogens with zero attached hydrogens (tertiary/aromatic N) is 2. The van der Waals surface area contributed by atoms with E-state index in [2.05, 4.69) is 58.7 Å². The first-order valence-corrected chi connectivity index (χ1v) is 8.78. The molecule has 0 saturated heterocycles. The number of hydrogen-bond donors (Lipinski definition) is 0. The Kier molecular flexibility index (Phi) is 3.81. The summed E-state index contributed by atoms with van der Waals surface area (Å²) in [7, 11) is 0. The van der Waals surface area contributed by atoms with Crippen molar-refractivity contribution in [2.75, 3.05) is 0 Å². The molecule has 0 unspecified atom stereocenters. The van der Waals surface area contributed by atoms with E-state index in [-0.39, 0.29) is 0 Å². The number of hydrogen-bond acceptors (Lipinski definition) is 3. The minimum absolute atomic E-state index is 0.840. The van der Waals surface area contributed by atoms with Gasteiger partial charge in [0.05, 0.1) is 11.9 Å². The van der Waals surface area contributed by atoms with Gasteiger partial charge in [-0.2, -0.15) is 10.2 Å². The second kappa shape index (κ2) is 6.09. The highest BCUT2D eigenvalue weighted by Gasteiger charge is 2.23. The molecule has 22 heavy (non-hydrogen) atoms. The first-order chi connectivity index (χ1) is 10.9. The lowest BCUT2D eigenvalue weighted by atomic mass is 10.1. The topological polar surface area (TPSA) is 25.8 Å². The number of rotatable bonds is 5. The van der Waals surface area contributed by atoms with Gasteiger partial charge in [-0.1, -0.05) is 36.4 Å². The molecule has 2 aromatic carbocycles. The van der Waals surface area contributed by atoms with E-state index in [0.29, 0.717) is 0 Å². The first-order valence-electron chi connectivity index (χ1n) is 7.79. The summed E-state index contributed by atoms with van der Waals surface area (Å²) >= 11 is 1.87. The van der Waals surface area contributed by atoms with Gasteiger partial charge in [0.25, 0.3) is 0 Å². The predicted molar refractivity (Wildman–Crippen MR) is 92.0 cm³/mol. The van der Waals surface area contributed by atoms with E-state index in [0.717, 1.165) is 18.1 Å². The van der Waals surface area contributed by atoms with Gasteiger partial charge in [-0.05, 0) is 42.9 Å². The van der Waals surface area contributed by atoms with Crippen LogP contribution in [0, 0.1) is 5.92 Å². The fourth-order valence-electron chi connectivity index (χ4n) is 2.70. The fraction of sp³-hybridized carbons (Fsp3) is 0.263. The van der Waals surface area contributed by atoms with Crippen LogP contribution in [-0.4, -0.2) is 10.2 Å². The fourth-order valence-corrected chi connectivity index (χ4v) is 3.60. The Morgan fingerprint density at radius 1 is 1.05 bits per heavy atom. The molecule has 1 aliphatic carbocycles. The molecule has 0 spiro atoms. The van der Waals surface area contributed by atoms with E-state index >= 15 is 0 Å². The standard InChI is InChI=1S/C19H18N2S/c1-2-4-15(5-3-1)13-22-17-8-9-18-16(11-17)12-20-21-19(18)10-14-6-7-14/h1-5,8-9,11-12,14H,6-7,10,13H2. The molecule has 3 heteroatoms. The highest BCUT2D eigenvalue weighted by molar-refractivity contribution is 7.98. The average molecular weight is 306 g/mol. The zero-order valence-electron chi connectivity index (χ0n) is 12.4. The van der Waals surface area contributed by atoms with Crippen molar-refractivity contribution in [3.63, 3.8) is 0 Å². The van der Waals surface area contributed by atoms with E-state index in [4.69, 9.17) is 0 Å². The molecule has 1 heterocycles. The second-order valence-electron chi connectivity index (χ2n) is 5.96. The molecule has 2 nitrogen and oxygen atoms in total. The minimum atomic E-state index is 0.840. The molecule has 1 aliphatic rings. The van der Waals surface area contributed by atoms with Crippen LogP contribution in [0.5, 0.6) is 0 Å². The predicted octanol–water partition coefficient (Wildman–Crippen LogP) is 4.87. The van der Waals surface area contributed by atoms with Gasteiger partial charge in [0.2, 0.25) is 0 Å². The number of fused-ring (bicyclic) bond motifs is 1. The lowest BCUT2D eigenvalue weighted by Gasteiger charge is -2.07.